The molecule has 0 heterocycles. The second-order valence-electron chi connectivity index (χ2n) is 6.54. The molecule has 0 saturated heterocycles. The van der Waals surface area contributed by atoms with Gasteiger partial charge in [-0.25, -0.2) is 17.9 Å². The molecule has 2 rings (SSSR count). The molecular weight excluding hydrogens is 408 g/mol. The highest BCUT2D eigenvalue weighted by Crippen LogP contribution is 2.17. The molecule has 1 atom stereocenters. The molecule has 0 radical (unpaired) electrons. The quantitative estimate of drug-likeness (QED) is 0.556. The van der Waals surface area contributed by atoms with Gasteiger partial charge in [-0.05, 0) is 68.8 Å². The van der Waals surface area contributed by atoms with Gasteiger partial charge in [-0.1, -0.05) is 6.92 Å². The van der Waals surface area contributed by atoms with Gasteiger partial charge in [-0.15, -0.1) is 0 Å². The van der Waals surface area contributed by atoms with E-state index in [0.29, 0.717) is 23.4 Å². The number of nitrogens with one attached hydrogen (secondary N) is 2. The first kappa shape index (κ1) is 23.4. The van der Waals surface area contributed by atoms with Crippen molar-refractivity contribution in [3.05, 3.63) is 54.1 Å². The number of rotatable bonds is 10. The summed E-state index contributed by atoms with van der Waals surface area (Å²) in [6.07, 6.45) is 0.682. The first-order valence-electron chi connectivity index (χ1n) is 9.57. The Balaban J connectivity index is 1.88. The highest BCUT2D eigenvalue weighted by Gasteiger charge is 2.16. The van der Waals surface area contributed by atoms with Crippen molar-refractivity contribution in [3.63, 3.8) is 0 Å². The highest BCUT2D eigenvalue weighted by atomic mass is 32.2. The smallest absolute Gasteiger partial charge is 0.338 e. The molecule has 0 aliphatic rings. The first-order valence-corrected chi connectivity index (χ1v) is 11.1. The average Bonchev–Trinajstić information content (AvgIpc) is 2.73. The molecule has 0 saturated carbocycles. The van der Waals surface area contributed by atoms with E-state index in [-0.39, 0.29) is 24.2 Å². The van der Waals surface area contributed by atoms with E-state index in [9.17, 15) is 18.0 Å². The van der Waals surface area contributed by atoms with Crippen molar-refractivity contribution < 1.29 is 27.5 Å². The van der Waals surface area contributed by atoms with Crippen molar-refractivity contribution in [2.24, 2.45) is 0 Å². The lowest BCUT2D eigenvalue weighted by molar-refractivity contribution is -0.118. The van der Waals surface area contributed by atoms with Crippen LogP contribution in [0.1, 0.15) is 37.6 Å². The Morgan fingerprint density at radius 1 is 1.00 bits per heavy atom. The van der Waals surface area contributed by atoms with E-state index in [1.54, 1.807) is 38.1 Å². The lowest BCUT2D eigenvalue weighted by atomic mass is 10.2. The van der Waals surface area contributed by atoms with Gasteiger partial charge in [0, 0.05) is 11.7 Å². The molecular formula is C21H26N2O6S. The number of carbonyl (C=O) groups is 2. The standard InChI is InChI=1S/C21H26N2O6S/c1-4-15(3)23-30(26,27)19-12-10-18(11-13-19)29-14-20(24)22-17-8-6-16(7-9-17)21(25)28-5-2/h6-13,15,23H,4-5,14H2,1-3H3,(H,22,24)/t15-/m1/s1. The van der Waals surface area contributed by atoms with Crippen LogP contribution < -0.4 is 14.8 Å². The number of esters is 1. The number of hydrogen-bond donors (Lipinski definition) is 2. The fourth-order valence-corrected chi connectivity index (χ4v) is 3.71. The summed E-state index contributed by atoms with van der Waals surface area (Å²) in [6.45, 7) is 5.44. The maximum atomic E-state index is 12.2. The second kappa shape index (κ2) is 10.7. The number of carbonyl (C=O) groups excluding carboxylic acids is 2. The van der Waals surface area contributed by atoms with Crippen LogP contribution in [0.5, 0.6) is 5.75 Å². The Morgan fingerprint density at radius 2 is 1.63 bits per heavy atom. The summed E-state index contributed by atoms with van der Waals surface area (Å²) in [5.41, 5.74) is 0.901. The topological polar surface area (TPSA) is 111 Å². The van der Waals surface area contributed by atoms with Gasteiger partial charge in [0.25, 0.3) is 5.91 Å². The predicted octanol–water partition coefficient (Wildman–Crippen LogP) is 2.96. The third-order valence-electron chi connectivity index (χ3n) is 4.15. The normalized spacial score (nSPS) is 12.1. The summed E-state index contributed by atoms with van der Waals surface area (Å²) in [5.74, 6) is -0.456. The molecule has 0 bridgehead atoms. The lowest BCUT2D eigenvalue weighted by Gasteiger charge is -2.12. The van der Waals surface area contributed by atoms with Crippen molar-refractivity contribution in [2.45, 2.75) is 38.1 Å². The van der Waals surface area contributed by atoms with Crippen molar-refractivity contribution in [1.29, 1.82) is 0 Å². The summed E-state index contributed by atoms with van der Waals surface area (Å²) in [7, 11) is -3.59. The van der Waals surface area contributed by atoms with Gasteiger partial charge < -0.3 is 14.8 Å². The SMILES string of the molecule is CCOC(=O)c1ccc(NC(=O)COc2ccc(S(=O)(=O)N[C@H](C)CC)cc2)cc1. The molecule has 0 spiro atoms. The fraction of sp³-hybridized carbons (Fsp3) is 0.333. The molecule has 0 unspecified atom stereocenters. The second-order valence-corrected chi connectivity index (χ2v) is 8.25. The zero-order valence-electron chi connectivity index (χ0n) is 17.2. The lowest BCUT2D eigenvalue weighted by Crippen LogP contribution is -2.31. The van der Waals surface area contributed by atoms with Gasteiger partial charge >= 0.3 is 5.97 Å². The Kier molecular flexibility index (Phi) is 8.37. The Bertz CT molecular complexity index is 956. The summed E-state index contributed by atoms with van der Waals surface area (Å²) in [5, 5.41) is 2.65. The van der Waals surface area contributed by atoms with Crippen LogP contribution in [0.3, 0.4) is 0 Å². The van der Waals surface area contributed by atoms with Crippen LogP contribution in [0.15, 0.2) is 53.4 Å². The van der Waals surface area contributed by atoms with E-state index < -0.39 is 21.9 Å². The number of amides is 1. The van der Waals surface area contributed by atoms with E-state index >= 15 is 0 Å². The molecule has 162 valence electrons. The van der Waals surface area contributed by atoms with Crippen molar-refractivity contribution in [1.82, 2.24) is 4.72 Å². The molecule has 0 aliphatic carbocycles. The van der Waals surface area contributed by atoms with Crippen molar-refractivity contribution >= 4 is 27.6 Å². The van der Waals surface area contributed by atoms with Crippen LogP contribution in [0.25, 0.3) is 0 Å². The van der Waals surface area contributed by atoms with Crippen LogP contribution >= 0.6 is 0 Å². The first-order chi connectivity index (χ1) is 14.2. The Hall–Kier alpha value is -2.91. The highest BCUT2D eigenvalue weighted by molar-refractivity contribution is 7.89. The minimum atomic E-state index is -3.59. The minimum absolute atomic E-state index is 0.126. The molecule has 30 heavy (non-hydrogen) atoms. The third kappa shape index (κ3) is 6.85. The number of ether oxygens (including phenoxy) is 2. The molecule has 1 amide bonds. The van der Waals surface area contributed by atoms with E-state index in [1.165, 1.54) is 24.3 Å². The van der Waals surface area contributed by atoms with Crippen LogP contribution in [-0.2, 0) is 19.6 Å². The molecule has 0 aromatic heterocycles. The van der Waals surface area contributed by atoms with Crippen LogP contribution in [-0.4, -0.2) is 39.5 Å². The maximum Gasteiger partial charge on any atom is 0.338 e. The number of anilines is 1. The number of sulfonamides is 1. The van der Waals surface area contributed by atoms with Crippen LogP contribution in [0.4, 0.5) is 5.69 Å². The Labute approximate surface area is 176 Å². The zero-order chi connectivity index (χ0) is 22.1. The predicted molar refractivity (Wildman–Crippen MR) is 113 cm³/mol. The molecule has 0 fully saturated rings. The van der Waals surface area contributed by atoms with Gasteiger partial charge in [0.1, 0.15) is 5.75 Å². The molecule has 2 aromatic rings. The summed E-state index contributed by atoms with van der Waals surface area (Å²) in [4.78, 5) is 23.8. The molecule has 0 aliphatic heterocycles. The van der Waals surface area contributed by atoms with Gasteiger partial charge in [-0.3, -0.25) is 4.79 Å². The summed E-state index contributed by atoms with van der Waals surface area (Å²) >= 11 is 0. The minimum Gasteiger partial charge on any atom is -0.484 e. The molecule has 2 N–H and O–H groups in total. The van der Waals surface area contributed by atoms with Gasteiger partial charge in [0.05, 0.1) is 17.1 Å². The van der Waals surface area contributed by atoms with Crippen LogP contribution in [0, 0.1) is 0 Å². The van der Waals surface area contributed by atoms with Gasteiger partial charge in [0.2, 0.25) is 10.0 Å². The van der Waals surface area contributed by atoms with Gasteiger partial charge in [-0.2, -0.15) is 0 Å². The summed E-state index contributed by atoms with van der Waals surface area (Å²) in [6, 6.07) is 12.0. The fourth-order valence-electron chi connectivity index (χ4n) is 2.38. The zero-order valence-corrected chi connectivity index (χ0v) is 18.0. The largest absolute Gasteiger partial charge is 0.484 e. The van der Waals surface area contributed by atoms with E-state index in [2.05, 4.69) is 10.0 Å². The van der Waals surface area contributed by atoms with E-state index in [0.717, 1.165) is 0 Å². The van der Waals surface area contributed by atoms with Crippen LogP contribution in [0.2, 0.25) is 0 Å². The van der Waals surface area contributed by atoms with Crippen molar-refractivity contribution in [2.75, 3.05) is 18.5 Å². The van der Waals surface area contributed by atoms with E-state index in [4.69, 9.17) is 9.47 Å². The molecule has 8 nitrogen and oxygen atoms in total. The Morgan fingerprint density at radius 3 is 2.20 bits per heavy atom. The number of benzene rings is 2. The van der Waals surface area contributed by atoms with Crippen molar-refractivity contribution in [3.8, 4) is 5.75 Å². The average molecular weight is 435 g/mol. The third-order valence-corrected chi connectivity index (χ3v) is 5.76. The van der Waals surface area contributed by atoms with Gasteiger partial charge in [0.15, 0.2) is 6.61 Å². The summed E-state index contributed by atoms with van der Waals surface area (Å²) < 4.78 is 37.4. The molecule has 2 aromatic carbocycles. The van der Waals surface area contributed by atoms with E-state index in [1.807, 2.05) is 6.92 Å². The maximum absolute atomic E-state index is 12.2. The monoisotopic (exact) mass is 434 g/mol. The number of hydrogen-bond acceptors (Lipinski definition) is 6. The molecule has 9 heteroatoms.